The van der Waals surface area contributed by atoms with Gasteiger partial charge in [-0.05, 0) is 24.8 Å². The first-order chi connectivity index (χ1) is 9.26. The van der Waals surface area contributed by atoms with Gasteiger partial charge >= 0.3 is 0 Å². The summed E-state index contributed by atoms with van der Waals surface area (Å²) >= 11 is 1.78. The summed E-state index contributed by atoms with van der Waals surface area (Å²) in [5, 5.41) is 5.64. The highest BCUT2D eigenvalue weighted by atomic mass is 32.1. The van der Waals surface area contributed by atoms with Gasteiger partial charge in [0.25, 0.3) is 0 Å². The molecule has 0 fully saturated rings. The minimum absolute atomic E-state index is 0.274. The molecule has 0 amide bonds. The van der Waals surface area contributed by atoms with E-state index in [0.29, 0.717) is 12.6 Å². The second-order valence-electron chi connectivity index (χ2n) is 4.58. The predicted octanol–water partition coefficient (Wildman–Crippen LogP) is 3.72. The Morgan fingerprint density at radius 2 is 2.37 bits per heavy atom. The maximum Gasteiger partial charge on any atom is 0.203 e. The Kier molecular flexibility index (Phi) is 4.99. The van der Waals surface area contributed by atoms with Gasteiger partial charge in [0.1, 0.15) is 0 Å². The number of hydrogen-bond acceptors (Lipinski definition) is 4. The third-order valence-electron chi connectivity index (χ3n) is 3.15. The normalized spacial score (nSPS) is 14.3. The Morgan fingerprint density at radius 1 is 1.53 bits per heavy atom. The van der Waals surface area contributed by atoms with Gasteiger partial charge in [0.15, 0.2) is 0 Å². The topological polar surface area (TPSA) is 39.1 Å². The van der Waals surface area contributed by atoms with Gasteiger partial charge in [-0.2, -0.15) is 0 Å². The molecule has 2 rings (SSSR count). The molecule has 2 aromatic rings. The number of ether oxygens (including phenoxy) is 1. The lowest BCUT2D eigenvalue weighted by Crippen LogP contribution is -2.17. The largest absolute Gasteiger partial charge is 0.383 e. The molecular formula is C14H21N3OS. The number of nitrogens with zero attached hydrogens (tertiary/aromatic N) is 2. The predicted molar refractivity (Wildman–Crippen MR) is 79.8 cm³/mol. The van der Waals surface area contributed by atoms with E-state index in [4.69, 9.17) is 4.74 Å². The molecule has 2 atom stereocenters. The highest BCUT2D eigenvalue weighted by molar-refractivity contribution is 7.10. The Balaban J connectivity index is 2.12. The van der Waals surface area contributed by atoms with E-state index in [1.54, 1.807) is 18.4 Å². The Morgan fingerprint density at radius 3 is 3.00 bits per heavy atom. The first-order valence-electron chi connectivity index (χ1n) is 6.58. The Labute approximate surface area is 118 Å². The SMILES string of the molecule is CCC(Nc1nccn1C(C)COC)c1cccs1. The van der Waals surface area contributed by atoms with Crippen LogP contribution >= 0.6 is 11.3 Å². The molecule has 4 nitrogen and oxygen atoms in total. The molecule has 0 aromatic carbocycles. The van der Waals surface area contributed by atoms with Crippen LogP contribution in [0.3, 0.4) is 0 Å². The molecule has 0 bridgehead atoms. The van der Waals surface area contributed by atoms with Crippen LogP contribution in [0.15, 0.2) is 29.9 Å². The molecule has 5 heteroatoms. The van der Waals surface area contributed by atoms with Crippen molar-refractivity contribution < 1.29 is 4.74 Å². The highest BCUT2D eigenvalue weighted by Gasteiger charge is 2.15. The molecule has 104 valence electrons. The summed E-state index contributed by atoms with van der Waals surface area (Å²) in [4.78, 5) is 5.76. The minimum Gasteiger partial charge on any atom is -0.383 e. The summed E-state index contributed by atoms with van der Waals surface area (Å²) < 4.78 is 7.34. The van der Waals surface area contributed by atoms with E-state index in [-0.39, 0.29) is 6.04 Å². The molecule has 0 spiro atoms. The van der Waals surface area contributed by atoms with E-state index in [9.17, 15) is 0 Å². The molecule has 2 heterocycles. The number of hydrogen-bond donors (Lipinski definition) is 1. The second-order valence-corrected chi connectivity index (χ2v) is 5.56. The first kappa shape index (κ1) is 14.1. The fraction of sp³-hybridized carbons (Fsp3) is 0.500. The van der Waals surface area contributed by atoms with Gasteiger partial charge in [-0.25, -0.2) is 4.98 Å². The van der Waals surface area contributed by atoms with Gasteiger partial charge in [0.2, 0.25) is 5.95 Å². The lowest BCUT2D eigenvalue weighted by Gasteiger charge is -2.20. The van der Waals surface area contributed by atoms with Gasteiger partial charge in [-0.15, -0.1) is 11.3 Å². The van der Waals surface area contributed by atoms with Crippen LogP contribution in [0.25, 0.3) is 0 Å². The standard InChI is InChI=1S/C14H21N3OS/c1-4-12(13-6-5-9-19-13)16-14-15-7-8-17(14)11(2)10-18-3/h5-9,11-12H,4,10H2,1-3H3,(H,15,16). The monoisotopic (exact) mass is 279 g/mol. The van der Waals surface area contributed by atoms with Gasteiger partial charge in [-0.1, -0.05) is 13.0 Å². The molecule has 1 N–H and O–H groups in total. The number of aromatic nitrogens is 2. The van der Waals surface area contributed by atoms with Crippen LogP contribution in [0.2, 0.25) is 0 Å². The minimum atomic E-state index is 0.274. The lowest BCUT2D eigenvalue weighted by molar-refractivity contribution is 0.163. The van der Waals surface area contributed by atoms with Crippen molar-refractivity contribution in [1.29, 1.82) is 0 Å². The zero-order chi connectivity index (χ0) is 13.7. The van der Waals surface area contributed by atoms with Crippen LogP contribution in [0.1, 0.15) is 37.2 Å². The van der Waals surface area contributed by atoms with Crippen LogP contribution < -0.4 is 5.32 Å². The molecule has 0 saturated carbocycles. The van der Waals surface area contributed by atoms with Crippen molar-refractivity contribution >= 4 is 17.3 Å². The van der Waals surface area contributed by atoms with Crippen LogP contribution in [0, 0.1) is 0 Å². The second kappa shape index (κ2) is 6.73. The summed E-state index contributed by atoms with van der Waals surface area (Å²) in [6.45, 7) is 4.99. The van der Waals surface area contributed by atoms with Crippen LogP contribution in [-0.2, 0) is 4.74 Å². The van der Waals surface area contributed by atoms with Gasteiger partial charge < -0.3 is 14.6 Å². The quantitative estimate of drug-likeness (QED) is 0.839. The van der Waals surface area contributed by atoms with E-state index < -0.39 is 0 Å². The number of imidazole rings is 1. The van der Waals surface area contributed by atoms with Crippen molar-refractivity contribution in [3.63, 3.8) is 0 Å². The van der Waals surface area contributed by atoms with Crippen molar-refractivity contribution in [2.45, 2.75) is 32.4 Å². The van der Waals surface area contributed by atoms with Crippen LogP contribution in [-0.4, -0.2) is 23.3 Å². The van der Waals surface area contributed by atoms with E-state index >= 15 is 0 Å². The molecule has 0 aliphatic carbocycles. The zero-order valence-corrected chi connectivity index (χ0v) is 12.5. The molecule has 2 aromatic heterocycles. The third-order valence-corrected chi connectivity index (χ3v) is 4.14. The number of thiophene rings is 1. The smallest absolute Gasteiger partial charge is 0.203 e. The van der Waals surface area contributed by atoms with Crippen LogP contribution in [0.4, 0.5) is 5.95 Å². The lowest BCUT2D eigenvalue weighted by atomic mass is 10.2. The maximum atomic E-state index is 5.21. The van der Waals surface area contributed by atoms with Crippen molar-refractivity contribution in [2.75, 3.05) is 19.0 Å². The first-order valence-corrected chi connectivity index (χ1v) is 7.46. The molecule has 2 unspecified atom stereocenters. The van der Waals surface area contributed by atoms with E-state index in [2.05, 4.69) is 46.2 Å². The maximum absolute atomic E-state index is 5.21. The fourth-order valence-corrected chi connectivity index (χ4v) is 2.98. The van der Waals surface area contributed by atoms with E-state index in [1.165, 1.54) is 4.88 Å². The molecule has 0 saturated heterocycles. The van der Waals surface area contributed by atoms with Crippen molar-refractivity contribution in [1.82, 2.24) is 9.55 Å². The third kappa shape index (κ3) is 3.36. The average molecular weight is 279 g/mol. The number of anilines is 1. The van der Waals surface area contributed by atoms with E-state index in [0.717, 1.165) is 12.4 Å². The van der Waals surface area contributed by atoms with Crippen molar-refractivity contribution in [2.24, 2.45) is 0 Å². The van der Waals surface area contributed by atoms with Gasteiger partial charge in [0, 0.05) is 24.4 Å². The number of rotatable bonds is 7. The summed E-state index contributed by atoms with van der Waals surface area (Å²) in [5.74, 6) is 0.907. The van der Waals surface area contributed by atoms with Crippen molar-refractivity contribution in [3.05, 3.63) is 34.8 Å². The molecule has 0 aliphatic heterocycles. The summed E-state index contributed by atoms with van der Waals surface area (Å²) in [6.07, 6.45) is 4.86. The summed E-state index contributed by atoms with van der Waals surface area (Å²) in [5.41, 5.74) is 0. The van der Waals surface area contributed by atoms with Crippen molar-refractivity contribution in [3.8, 4) is 0 Å². The number of nitrogens with one attached hydrogen (secondary N) is 1. The average Bonchev–Trinajstić information content (AvgIpc) is 3.07. The molecule has 19 heavy (non-hydrogen) atoms. The summed E-state index contributed by atoms with van der Waals surface area (Å²) in [6, 6.07) is 4.84. The van der Waals surface area contributed by atoms with Crippen LogP contribution in [0.5, 0.6) is 0 Å². The molecular weight excluding hydrogens is 258 g/mol. The van der Waals surface area contributed by atoms with Gasteiger partial charge in [-0.3, -0.25) is 0 Å². The van der Waals surface area contributed by atoms with Gasteiger partial charge in [0.05, 0.1) is 18.7 Å². The summed E-state index contributed by atoms with van der Waals surface area (Å²) in [7, 11) is 1.72. The highest BCUT2D eigenvalue weighted by Crippen LogP contribution is 2.26. The van der Waals surface area contributed by atoms with E-state index in [1.807, 2.05) is 12.4 Å². The zero-order valence-electron chi connectivity index (χ0n) is 11.7. The molecule has 0 radical (unpaired) electrons. The Hall–Kier alpha value is -1.33. The number of methoxy groups -OCH3 is 1. The molecule has 0 aliphatic rings. The Bertz CT molecular complexity index is 481. The fourth-order valence-electron chi connectivity index (χ4n) is 2.12.